The summed E-state index contributed by atoms with van der Waals surface area (Å²) < 4.78 is 27.3. The summed E-state index contributed by atoms with van der Waals surface area (Å²) in [7, 11) is 0. The molecule has 82 valence electrons. The van der Waals surface area contributed by atoms with E-state index in [2.05, 4.69) is 15.9 Å². The Labute approximate surface area is 95.8 Å². The summed E-state index contributed by atoms with van der Waals surface area (Å²) in [5.74, 6) is -0.743. The fraction of sp³-hybridized carbons (Fsp3) is 0.455. The van der Waals surface area contributed by atoms with Gasteiger partial charge in [-0.15, -0.1) is 0 Å². The van der Waals surface area contributed by atoms with E-state index in [0.717, 1.165) is 12.8 Å². The lowest BCUT2D eigenvalue weighted by Crippen LogP contribution is -2.40. The smallest absolute Gasteiger partial charge is 0.143 e. The molecule has 0 saturated heterocycles. The van der Waals surface area contributed by atoms with E-state index in [1.54, 1.807) is 0 Å². The first-order chi connectivity index (χ1) is 7.09. The molecule has 1 nitrogen and oxygen atoms in total. The van der Waals surface area contributed by atoms with Crippen LogP contribution in [0.4, 0.5) is 8.78 Å². The first-order valence-electron chi connectivity index (χ1n) is 4.97. The molecule has 15 heavy (non-hydrogen) atoms. The van der Waals surface area contributed by atoms with Gasteiger partial charge in [0.15, 0.2) is 0 Å². The van der Waals surface area contributed by atoms with Gasteiger partial charge >= 0.3 is 0 Å². The number of hydrogen-bond acceptors (Lipinski definition) is 1. The van der Waals surface area contributed by atoms with Gasteiger partial charge < -0.3 is 5.73 Å². The second-order valence-corrected chi connectivity index (χ2v) is 4.88. The van der Waals surface area contributed by atoms with Crippen molar-refractivity contribution in [2.24, 2.45) is 11.7 Å². The average molecular weight is 276 g/mol. The van der Waals surface area contributed by atoms with Gasteiger partial charge in [0.05, 0.1) is 4.47 Å². The lowest BCUT2D eigenvalue weighted by Gasteiger charge is -2.33. The summed E-state index contributed by atoms with van der Waals surface area (Å²) in [5.41, 5.74) is 5.91. The summed E-state index contributed by atoms with van der Waals surface area (Å²) in [4.78, 5) is 0. The molecule has 1 aromatic rings. The van der Waals surface area contributed by atoms with Gasteiger partial charge in [0.25, 0.3) is 0 Å². The Hall–Kier alpha value is -0.480. The molecule has 0 bridgehead atoms. The molecule has 0 heterocycles. The number of benzene rings is 1. The van der Waals surface area contributed by atoms with Crippen LogP contribution in [0.15, 0.2) is 16.6 Å². The van der Waals surface area contributed by atoms with Crippen molar-refractivity contribution in [3.63, 3.8) is 0 Å². The van der Waals surface area contributed by atoms with Gasteiger partial charge in [-0.05, 0) is 53.2 Å². The SMILES string of the molecule is NC1CCC1Cc1c(F)ccc(Br)c1F. The Morgan fingerprint density at radius 2 is 2.07 bits per heavy atom. The summed E-state index contributed by atoms with van der Waals surface area (Å²) in [6, 6.07) is 2.77. The highest BCUT2D eigenvalue weighted by Crippen LogP contribution is 2.32. The van der Waals surface area contributed by atoms with Crippen LogP contribution < -0.4 is 5.73 Å². The van der Waals surface area contributed by atoms with Crippen LogP contribution in [-0.2, 0) is 6.42 Å². The lowest BCUT2D eigenvalue weighted by atomic mass is 9.76. The van der Waals surface area contributed by atoms with Crippen molar-refractivity contribution in [2.75, 3.05) is 0 Å². The largest absolute Gasteiger partial charge is 0.327 e. The first kappa shape index (κ1) is 11.0. The Kier molecular flexibility index (Phi) is 3.07. The highest BCUT2D eigenvalue weighted by atomic mass is 79.9. The zero-order valence-corrected chi connectivity index (χ0v) is 9.73. The van der Waals surface area contributed by atoms with Crippen molar-refractivity contribution < 1.29 is 8.78 Å². The molecule has 1 aliphatic rings. The molecule has 0 spiro atoms. The third-order valence-electron chi connectivity index (χ3n) is 3.08. The molecule has 2 atom stereocenters. The highest BCUT2D eigenvalue weighted by molar-refractivity contribution is 9.10. The molecule has 1 aliphatic carbocycles. The Morgan fingerprint density at radius 3 is 2.60 bits per heavy atom. The van der Waals surface area contributed by atoms with E-state index in [4.69, 9.17) is 5.73 Å². The maximum Gasteiger partial charge on any atom is 0.143 e. The van der Waals surface area contributed by atoms with Gasteiger partial charge in [-0.1, -0.05) is 0 Å². The van der Waals surface area contributed by atoms with Crippen molar-refractivity contribution in [3.8, 4) is 0 Å². The molecule has 2 unspecified atom stereocenters. The molecule has 0 aliphatic heterocycles. The van der Waals surface area contributed by atoms with E-state index >= 15 is 0 Å². The predicted octanol–water partition coefficient (Wildman–Crippen LogP) is 3.01. The van der Waals surface area contributed by atoms with Gasteiger partial charge in [-0.2, -0.15) is 0 Å². The molecule has 4 heteroatoms. The maximum atomic E-state index is 13.6. The zero-order chi connectivity index (χ0) is 11.0. The normalized spacial score (nSPS) is 25.1. The highest BCUT2D eigenvalue weighted by Gasteiger charge is 2.29. The van der Waals surface area contributed by atoms with Crippen LogP contribution >= 0.6 is 15.9 Å². The van der Waals surface area contributed by atoms with E-state index in [1.807, 2.05) is 0 Å². The van der Waals surface area contributed by atoms with Crippen molar-refractivity contribution in [1.29, 1.82) is 0 Å². The Bertz CT molecular complexity index is 381. The lowest BCUT2D eigenvalue weighted by molar-refractivity contribution is 0.251. The molecule has 1 saturated carbocycles. The number of nitrogens with two attached hydrogens (primary N) is 1. The van der Waals surface area contributed by atoms with Crippen LogP contribution in [0, 0.1) is 17.6 Å². The maximum absolute atomic E-state index is 13.6. The summed E-state index contributed by atoms with van der Waals surface area (Å²) in [6.07, 6.45) is 2.33. The Balaban J connectivity index is 2.23. The van der Waals surface area contributed by atoms with Crippen molar-refractivity contribution in [1.82, 2.24) is 0 Å². The van der Waals surface area contributed by atoms with E-state index in [-0.39, 0.29) is 17.5 Å². The molecular formula is C11H12BrF2N. The number of hydrogen-bond donors (Lipinski definition) is 1. The molecule has 0 amide bonds. The molecule has 1 fully saturated rings. The molecule has 2 N–H and O–H groups in total. The first-order valence-corrected chi connectivity index (χ1v) is 5.77. The quantitative estimate of drug-likeness (QED) is 0.826. The second-order valence-electron chi connectivity index (χ2n) is 4.03. The van der Waals surface area contributed by atoms with Gasteiger partial charge in [0.1, 0.15) is 11.6 Å². The van der Waals surface area contributed by atoms with Crippen molar-refractivity contribution in [2.45, 2.75) is 25.3 Å². The molecule has 2 rings (SSSR count). The van der Waals surface area contributed by atoms with Crippen LogP contribution in [0.25, 0.3) is 0 Å². The van der Waals surface area contributed by atoms with Gasteiger partial charge in [-0.25, -0.2) is 8.78 Å². The predicted molar refractivity (Wildman–Crippen MR) is 58.5 cm³/mol. The summed E-state index contributed by atoms with van der Waals surface area (Å²) in [5, 5.41) is 0. The van der Waals surface area contributed by atoms with Gasteiger partial charge in [0.2, 0.25) is 0 Å². The molecule has 0 aromatic heterocycles. The van der Waals surface area contributed by atoms with E-state index < -0.39 is 11.6 Å². The minimum atomic E-state index is -0.492. The Morgan fingerprint density at radius 1 is 1.33 bits per heavy atom. The summed E-state index contributed by atoms with van der Waals surface area (Å²) >= 11 is 3.05. The summed E-state index contributed by atoms with van der Waals surface area (Å²) in [6.45, 7) is 0. The second kappa shape index (κ2) is 4.18. The van der Waals surface area contributed by atoms with Crippen LogP contribution in [0.5, 0.6) is 0 Å². The average Bonchev–Trinajstić information content (AvgIpc) is 2.21. The fourth-order valence-corrected chi connectivity index (χ4v) is 2.24. The van der Waals surface area contributed by atoms with Gasteiger partial charge in [0, 0.05) is 11.6 Å². The zero-order valence-electron chi connectivity index (χ0n) is 8.14. The topological polar surface area (TPSA) is 26.0 Å². The molecular weight excluding hydrogens is 264 g/mol. The van der Waals surface area contributed by atoms with Crippen LogP contribution in [0.3, 0.4) is 0 Å². The van der Waals surface area contributed by atoms with Crippen molar-refractivity contribution in [3.05, 3.63) is 33.8 Å². The third-order valence-corrected chi connectivity index (χ3v) is 3.69. The van der Waals surface area contributed by atoms with Gasteiger partial charge in [-0.3, -0.25) is 0 Å². The minimum Gasteiger partial charge on any atom is -0.327 e. The monoisotopic (exact) mass is 275 g/mol. The van der Waals surface area contributed by atoms with Crippen LogP contribution in [0.2, 0.25) is 0 Å². The van der Waals surface area contributed by atoms with E-state index in [1.165, 1.54) is 12.1 Å². The number of halogens is 3. The standard InChI is InChI=1S/C11H12BrF2N/c12-8-2-3-9(13)7(11(8)14)5-6-1-4-10(6)15/h2-3,6,10H,1,4-5,15H2. The minimum absolute atomic E-state index is 0.0998. The third kappa shape index (κ3) is 2.06. The van der Waals surface area contributed by atoms with Crippen LogP contribution in [-0.4, -0.2) is 6.04 Å². The van der Waals surface area contributed by atoms with Crippen LogP contribution in [0.1, 0.15) is 18.4 Å². The van der Waals surface area contributed by atoms with Crippen molar-refractivity contribution >= 4 is 15.9 Å². The van der Waals surface area contributed by atoms with E-state index in [9.17, 15) is 8.78 Å². The molecule has 1 aromatic carbocycles. The fourth-order valence-electron chi connectivity index (χ4n) is 1.87. The number of rotatable bonds is 2. The molecule has 0 radical (unpaired) electrons. The van der Waals surface area contributed by atoms with E-state index in [0.29, 0.717) is 10.9 Å².